The van der Waals surface area contributed by atoms with Gasteiger partial charge in [-0.2, -0.15) is 0 Å². The molecule has 0 saturated heterocycles. The first-order valence-electron chi connectivity index (χ1n) is 6.51. The van der Waals surface area contributed by atoms with E-state index in [1.54, 1.807) is 18.3 Å². The van der Waals surface area contributed by atoms with Crippen LogP contribution in [0.1, 0.15) is 23.2 Å². The van der Waals surface area contributed by atoms with Crippen LogP contribution in [-0.2, 0) is 0 Å². The number of carbonyl (C=O) groups is 1. The summed E-state index contributed by atoms with van der Waals surface area (Å²) in [7, 11) is 0. The van der Waals surface area contributed by atoms with Crippen molar-refractivity contribution >= 4 is 17.4 Å². The highest BCUT2D eigenvalue weighted by atomic mass is 19.1. The molecule has 5 heteroatoms. The number of hydrogen-bond donors (Lipinski definition) is 2. The van der Waals surface area contributed by atoms with Gasteiger partial charge in [-0.25, -0.2) is 9.37 Å². The molecular weight excluding hydrogens is 257 g/mol. The number of nitrogens with one attached hydrogen (secondary N) is 2. The molecule has 0 atom stereocenters. The highest BCUT2D eigenvalue weighted by molar-refractivity contribution is 6.07. The lowest BCUT2D eigenvalue weighted by atomic mass is 10.2. The minimum Gasteiger partial charge on any atom is -0.367 e. The maximum atomic E-state index is 12.8. The summed E-state index contributed by atoms with van der Waals surface area (Å²) in [4.78, 5) is 16.4. The third kappa shape index (κ3) is 2.93. The van der Waals surface area contributed by atoms with Gasteiger partial charge in [-0.05, 0) is 49.2 Å². The van der Waals surface area contributed by atoms with E-state index in [1.165, 1.54) is 24.3 Å². The van der Waals surface area contributed by atoms with Crippen LogP contribution in [0, 0.1) is 5.82 Å². The predicted molar refractivity (Wildman–Crippen MR) is 75.2 cm³/mol. The van der Waals surface area contributed by atoms with Crippen LogP contribution in [0.2, 0.25) is 0 Å². The average Bonchev–Trinajstić information content (AvgIpc) is 3.26. The molecule has 1 aromatic heterocycles. The second-order valence-corrected chi connectivity index (χ2v) is 4.78. The fraction of sp³-hybridized carbons (Fsp3) is 0.200. The maximum Gasteiger partial charge on any atom is 0.259 e. The molecule has 0 unspecified atom stereocenters. The third-order valence-corrected chi connectivity index (χ3v) is 3.07. The van der Waals surface area contributed by atoms with Gasteiger partial charge < -0.3 is 10.6 Å². The minimum absolute atomic E-state index is 0.257. The molecule has 1 aliphatic carbocycles. The lowest BCUT2D eigenvalue weighted by Gasteiger charge is -2.10. The van der Waals surface area contributed by atoms with Gasteiger partial charge in [0.05, 0.1) is 5.56 Å². The van der Waals surface area contributed by atoms with E-state index in [-0.39, 0.29) is 11.7 Å². The number of pyridine rings is 1. The molecule has 3 rings (SSSR count). The summed E-state index contributed by atoms with van der Waals surface area (Å²) < 4.78 is 12.8. The molecule has 102 valence electrons. The van der Waals surface area contributed by atoms with Gasteiger partial charge in [0, 0.05) is 17.9 Å². The first-order valence-corrected chi connectivity index (χ1v) is 6.51. The van der Waals surface area contributed by atoms with Gasteiger partial charge in [-0.15, -0.1) is 0 Å². The summed E-state index contributed by atoms with van der Waals surface area (Å²) in [6.07, 6.45) is 3.87. The SMILES string of the molecule is O=C(Nc1ccc(F)cc1)c1cccnc1NC1CC1. The van der Waals surface area contributed by atoms with Crippen LogP contribution >= 0.6 is 0 Å². The standard InChI is InChI=1S/C15H14FN3O/c16-10-3-5-12(6-4-10)19-15(20)13-2-1-9-17-14(13)18-11-7-8-11/h1-6,9,11H,7-8H2,(H,17,18)(H,19,20). The van der Waals surface area contributed by atoms with Crippen LogP contribution in [-0.4, -0.2) is 16.9 Å². The van der Waals surface area contributed by atoms with E-state index < -0.39 is 0 Å². The normalized spacial score (nSPS) is 13.8. The predicted octanol–water partition coefficient (Wildman–Crippen LogP) is 3.05. The second-order valence-electron chi connectivity index (χ2n) is 4.78. The Labute approximate surface area is 116 Å². The van der Waals surface area contributed by atoms with Crippen molar-refractivity contribution in [2.45, 2.75) is 18.9 Å². The van der Waals surface area contributed by atoms with Gasteiger partial charge in [0.1, 0.15) is 11.6 Å². The molecule has 1 heterocycles. The lowest BCUT2D eigenvalue weighted by molar-refractivity contribution is 0.102. The Bertz CT molecular complexity index is 623. The minimum atomic E-state index is -0.333. The van der Waals surface area contributed by atoms with Crippen LogP contribution in [0.3, 0.4) is 0 Å². The quantitative estimate of drug-likeness (QED) is 0.898. The largest absolute Gasteiger partial charge is 0.367 e. The number of rotatable bonds is 4. The number of benzene rings is 1. The summed E-state index contributed by atoms with van der Waals surface area (Å²) in [5.41, 5.74) is 1.04. The summed E-state index contributed by atoms with van der Waals surface area (Å²) in [5.74, 6) is 0.00272. The van der Waals surface area contributed by atoms with E-state index in [1.807, 2.05) is 0 Å². The van der Waals surface area contributed by atoms with Crippen LogP contribution in [0.5, 0.6) is 0 Å². The summed E-state index contributed by atoms with van der Waals surface area (Å²) >= 11 is 0. The van der Waals surface area contributed by atoms with Gasteiger partial charge in [0.25, 0.3) is 5.91 Å². The van der Waals surface area contributed by atoms with E-state index in [0.29, 0.717) is 23.1 Å². The molecule has 1 aliphatic rings. The van der Waals surface area contributed by atoms with Crippen LogP contribution < -0.4 is 10.6 Å². The molecule has 1 saturated carbocycles. The van der Waals surface area contributed by atoms with Gasteiger partial charge in [-0.1, -0.05) is 0 Å². The molecule has 1 aromatic carbocycles. The summed E-state index contributed by atoms with van der Waals surface area (Å²) in [6, 6.07) is 9.52. The van der Waals surface area contributed by atoms with Gasteiger partial charge >= 0.3 is 0 Å². The summed E-state index contributed by atoms with van der Waals surface area (Å²) in [6.45, 7) is 0. The lowest BCUT2D eigenvalue weighted by Crippen LogP contribution is -2.16. The van der Waals surface area contributed by atoms with Crippen molar-refractivity contribution in [2.75, 3.05) is 10.6 Å². The molecule has 0 aliphatic heterocycles. The van der Waals surface area contributed by atoms with Crippen LogP contribution in [0.4, 0.5) is 15.9 Å². The average molecular weight is 271 g/mol. The zero-order chi connectivity index (χ0) is 13.9. The van der Waals surface area contributed by atoms with E-state index in [4.69, 9.17) is 0 Å². The van der Waals surface area contributed by atoms with Crippen molar-refractivity contribution in [3.8, 4) is 0 Å². The highest BCUT2D eigenvalue weighted by Gasteiger charge is 2.23. The van der Waals surface area contributed by atoms with Crippen molar-refractivity contribution in [3.63, 3.8) is 0 Å². The number of amides is 1. The molecule has 0 bridgehead atoms. The molecule has 4 nitrogen and oxygen atoms in total. The van der Waals surface area contributed by atoms with Crippen molar-refractivity contribution in [1.29, 1.82) is 0 Å². The number of carbonyl (C=O) groups excluding carboxylic acids is 1. The van der Waals surface area contributed by atoms with Crippen LogP contribution in [0.15, 0.2) is 42.6 Å². The Balaban J connectivity index is 1.77. The molecule has 2 aromatic rings. The van der Waals surface area contributed by atoms with E-state index in [0.717, 1.165) is 12.8 Å². The number of halogens is 1. The molecule has 0 radical (unpaired) electrons. The zero-order valence-corrected chi connectivity index (χ0v) is 10.8. The Kier molecular flexibility index (Phi) is 3.33. The van der Waals surface area contributed by atoms with E-state index in [2.05, 4.69) is 15.6 Å². The number of hydrogen-bond acceptors (Lipinski definition) is 3. The second kappa shape index (κ2) is 5.28. The topological polar surface area (TPSA) is 54.0 Å². The first kappa shape index (κ1) is 12.6. The Hall–Kier alpha value is -2.43. The molecule has 1 fully saturated rings. The fourth-order valence-electron chi connectivity index (χ4n) is 1.86. The number of anilines is 2. The van der Waals surface area contributed by atoms with Crippen molar-refractivity contribution in [3.05, 3.63) is 54.0 Å². The first-order chi connectivity index (χ1) is 9.72. The van der Waals surface area contributed by atoms with Gasteiger partial charge in [-0.3, -0.25) is 4.79 Å². The fourth-order valence-corrected chi connectivity index (χ4v) is 1.86. The Morgan fingerprint density at radius 2 is 1.95 bits per heavy atom. The van der Waals surface area contributed by atoms with Crippen LogP contribution in [0.25, 0.3) is 0 Å². The Morgan fingerprint density at radius 1 is 1.20 bits per heavy atom. The van der Waals surface area contributed by atoms with E-state index in [9.17, 15) is 9.18 Å². The summed E-state index contributed by atoms with van der Waals surface area (Å²) in [5, 5.41) is 5.96. The van der Waals surface area contributed by atoms with Gasteiger partial charge in [0.15, 0.2) is 0 Å². The van der Waals surface area contributed by atoms with Gasteiger partial charge in [0.2, 0.25) is 0 Å². The maximum absolute atomic E-state index is 12.8. The van der Waals surface area contributed by atoms with Crippen molar-refractivity contribution in [1.82, 2.24) is 4.98 Å². The van der Waals surface area contributed by atoms with E-state index >= 15 is 0 Å². The zero-order valence-electron chi connectivity index (χ0n) is 10.8. The van der Waals surface area contributed by atoms with Crippen molar-refractivity contribution < 1.29 is 9.18 Å². The molecule has 2 N–H and O–H groups in total. The monoisotopic (exact) mass is 271 g/mol. The number of nitrogens with zero attached hydrogens (tertiary/aromatic N) is 1. The Morgan fingerprint density at radius 3 is 2.65 bits per heavy atom. The molecule has 20 heavy (non-hydrogen) atoms. The highest BCUT2D eigenvalue weighted by Crippen LogP contribution is 2.25. The van der Waals surface area contributed by atoms with Crippen molar-refractivity contribution in [2.24, 2.45) is 0 Å². The third-order valence-electron chi connectivity index (χ3n) is 3.07. The number of aromatic nitrogens is 1. The smallest absolute Gasteiger partial charge is 0.259 e. The molecule has 0 spiro atoms. The molecular formula is C15H14FN3O. The molecule has 1 amide bonds.